The van der Waals surface area contributed by atoms with Crippen LogP contribution in [0.15, 0.2) is 11.6 Å². The summed E-state index contributed by atoms with van der Waals surface area (Å²) in [6.07, 6.45) is 6.80. The van der Waals surface area contributed by atoms with E-state index in [0.717, 1.165) is 12.3 Å². The average Bonchev–Trinajstić information content (AvgIpc) is 2.71. The predicted octanol–water partition coefficient (Wildman–Crippen LogP) is 3.35. The predicted molar refractivity (Wildman–Crippen MR) is 60.4 cm³/mol. The Morgan fingerprint density at radius 3 is 2.87 bits per heavy atom. The fourth-order valence-electron chi connectivity index (χ4n) is 4.90. The molecule has 82 valence electrons. The lowest BCUT2D eigenvalue weighted by atomic mass is 9.64. The minimum absolute atomic E-state index is 0.199. The maximum absolute atomic E-state index is 11.7. The molecule has 0 aliphatic heterocycles. The highest BCUT2D eigenvalue weighted by molar-refractivity contribution is 5.95. The average molecular weight is 204 g/mol. The van der Waals surface area contributed by atoms with E-state index in [1.54, 1.807) is 0 Å². The van der Waals surface area contributed by atoms with Crippen LogP contribution in [0.4, 0.5) is 0 Å². The number of allylic oxidation sites excluding steroid dienone is 2. The molecule has 15 heavy (non-hydrogen) atoms. The van der Waals surface area contributed by atoms with Crippen molar-refractivity contribution in [2.75, 3.05) is 0 Å². The van der Waals surface area contributed by atoms with Crippen molar-refractivity contribution in [3.63, 3.8) is 0 Å². The van der Waals surface area contributed by atoms with E-state index in [1.807, 2.05) is 6.08 Å². The molecule has 3 rings (SSSR count). The second kappa shape index (κ2) is 2.56. The summed E-state index contributed by atoms with van der Waals surface area (Å²) in [4.78, 5) is 11.7. The van der Waals surface area contributed by atoms with Crippen LogP contribution >= 0.6 is 0 Å². The lowest BCUT2D eigenvalue weighted by molar-refractivity contribution is -0.116. The number of hydrogen-bond donors (Lipinski definition) is 0. The van der Waals surface area contributed by atoms with Crippen LogP contribution in [-0.4, -0.2) is 5.78 Å². The van der Waals surface area contributed by atoms with E-state index in [-0.39, 0.29) is 5.41 Å². The van der Waals surface area contributed by atoms with Crippen LogP contribution < -0.4 is 0 Å². The zero-order chi connectivity index (χ0) is 10.8. The summed E-state index contributed by atoms with van der Waals surface area (Å²) in [6, 6.07) is 0. The van der Waals surface area contributed by atoms with Gasteiger partial charge < -0.3 is 0 Å². The Balaban J connectivity index is 2.16. The van der Waals surface area contributed by atoms with E-state index < -0.39 is 0 Å². The fraction of sp³-hybridized carbons (Fsp3) is 0.786. The highest BCUT2D eigenvalue weighted by Crippen LogP contribution is 2.70. The molecule has 1 nitrogen and oxygen atoms in total. The van der Waals surface area contributed by atoms with Crippen molar-refractivity contribution in [2.45, 2.75) is 46.5 Å². The summed E-state index contributed by atoms with van der Waals surface area (Å²) in [5, 5.41) is 0. The zero-order valence-corrected chi connectivity index (χ0v) is 9.97. The number of fused-ring (bicyclic) bond motifs is 3. The first-order valence-corrected chi connectivity index (χ1v) is 6.24. The highest BCUT2D eigenvalue weighted by Gasteiger charge is 2.63. The van der Waals surface area contributed by atoms with Gasteiger partial charge in [0.2, 0.25) is 0 Å². The third-order valence-corrected chi connectivity index (χ3v) is 5.87. The van der Waals surface area contributed by atoms with Gasteiger partial charge in [-0.15, -0.1) is 0 Å². The Hall–Kier alpha value is -0.590. The van der Waals surface area contributed by atoms with E-state index in [2.05, 4.69) is 20.8 Å². The topological polar surface area (TPSA) is 17.1 Å². The van der Waals surface area contributed by atoms with Crippen molar-refractivity contribution in [2.24, 2.45) is 22.7 Å². The van der Waals surface area contributed by atoms with Gasteiger partial charge in [0, 0.05) is 11.8 Å². The first-order chi connectivity index (χ1) is 6.99. The van der Waals surface area contributed by atoms with Gasteiger partial charge in [-0.3, -0.25) is 4.79 Å². The standard InChI is InChI=1S/C14H20O/c1-9-11-5-4-6-13(11,2)14(3)8-10(15)7-12(9)14/h7,9,11H,4-6,8H2,1-3H3/t9?,11?,13-,14+/m1/s1. The number of carbonyl (C=O) groups excluding carboxylic acids is 1. The van der Waals surface area contributed by atoms with E-state index >= 15 is 0 Å². The molecule has 2 saturated carbocycles. The Morgan fingerprint density at radius 1 is 1.40 bits per heavy atom. The summed E-state index contributed by atoms with van der Waals surface area (Å²) in [7, 11) is 0. The fourth-order valence-corrected chi connectivity index (χ4v) is 4.90. The largest absolute Gasteiger partial charge is 0.295 e. The van der Waals surface area contributed by atoms with E-state index in [9.17, 15) is 4.79 Å². The van der Waals surface area contributed by atoms with Crippen molar-refractivity contribution in [1.82, 2.24) is 0 Å². The maximum Gasteiger partial charge on any atom is 0.156 e. The highest BCUT2D eigenvalue weighted by atomic mass is 16.1. The van der Waals surface area contributed by atoms with Crippen LogP contribution in [0.1, 0.15) is 46.5 Å². The molecule has 0 bridgehead atoms. The van der Waals surface area contributed by atoms with Crippen molar-refractivity contribution < 1.29 is 4.79 Å². The Morgan fingerprint density at radius 2 is 2.13 bits per heavy atom. The number of hydrogen-bond acceptors (Lipinski definition) is 1. The second-order valence-electron chi connectivity index (χ2n) is 6.28. The molecule has 2 fully saturated rings. The lowest BCUT2D eigenvalue weighted by Crippen LogP contribution is -2.34. The number of rotatable bonds is 0. The minimum Gasteiger partial charge on any atom is -0.295 e. The summed E-state index contributed by atoms with van der Waals surface area (Å²) >= 11 is 0. The van der Waals surface area contributed by atoms with Gasteiger partial charge in [0.1, 0.15) is 0 Å². The Labute approximate surface area is 91.9 Å². The van der Waals surface area contributed by atoms with Gasteiger partial charge >= 0.3 is 0 Å². The molecule has 0 radical (unpaired) electrons. The van der Waals surface area contributed by atoms with Gasteiger partial charge in [-0.25, -0.2) is 0 Å². The molecular formula is C14H20O. The van der Waals surface area contributed by atoms with Crippen molar-refractivity contribution >= 4 is 5.78 Å². The van der Waals surface area contributed by atoms with E-state index in [4.69, 9.17) is 0 Å². The smallest absolute Gasteiger partial charge is 0.156 e. The molecule has 0 spiro atoms. The second-order valence-corrected chi connectivity index (χ2v) is 6.28. The van der Waals surface area contributed by atoms with Crippen LogP contribution in [0.25, 0.3) is 0 Å². The van der Waals surface area contributed by atoms with Gasteiger partial charge in [-0.1, -0.05) is 32.8 Å². The zero-order valence-electron chi connectivity index (χ0n) is 9.97. The van der Waals surface area contributed by atoms with E-state index in [1.165, 1.54) is 24.8 Å². The molecule has 0 heterocycles. The van der Waals surface area contributed by atoms with E-state index in [0.29, 0.717) is 17.1 Å². The Kier molecular flexibility index (Phi) is 1.64. The third kappa shape index (κ3) is 0.885. The number of ketones is 1. The maximum atomic E-state index is 11.7. The molecule has 0 amide bonds. The van der Waals surface area contributed by atoms with Crippen molar-refractivity contribution in [1.29, 1.82) is 0 Å². The summed E-state index contributed by atoms with van der Waals surface area (Å²) in [6.45, 7) is 7.11. The van der Waals surface area contributed by atoms with Crippen LogP contribution in [-0.2, 0) is 4.79 Å². The normalized spacial score (nSPS) is 53.0. The van der Waals surface area contributed by atoms with Gasteiger partial charge in [0.15, 0.2) is 5.78 Å². The number of carbonyl (C=O) groups is 1. The molecule has 3 aliphatic rings. The molecule has 0 aromatic carbocycles. The minimum atomic E-state index is 0.199. The lowest BCUT2D eigenvalue weighted by Gasteiger charge is -2.39. The monoisotopic (exact) mass is 204 g/mol. The molecule has 3 aliphatic carbocycles. The van der Waals surface area contributed by atoms with Crippen molar-refractivity contribution in [3.8, 4) is 0 Å². The summed E-state index contributed by atoms with van der Waals surface area (Å²) < 4.78 is 0. The molecular weight excluding hydrogens is 184 g/mol. The first-order valence-electron chi connectivity index (χ1n) is 6.24. The van der Waals surface area contributed by atoms with Crippen LogP contribution in [0, 0.1) is 22.7 Å². The molecule has 2 unspecified atom stereocenters. The quantitative estimate of drug-likeness (QED) is 0.591. The summed E-state index contributed by atoms with van der Waals surface area (Å²) in [5.74, 6) is 1.85. The van der Waals surface area contributed by atoms with Crippen molar-refractivity contribution in [3.05, 3.63) is 11.6 Å². The van der Waals surface area contributed by atoms with Gasteiger partial charge in [-0.2, -0.15) is 0 Å². The molecule has 1 heteroatoms. The molecule has 0 N–H and O–H groups in total. The van der Waals surface area contributed by atoms with Crippen LogP contribution in [0.3, 0.4) is 0 Å². The van der Waals surface area contributed by atoms with Gasteiger partial charge in [0.25, 0.3) is 0 Å². The Bertz CT molecular complexity index is 368. The molecule has 0 aromatic rings. The molecule has 4 atom stereocenters. The van der Waals surface area contributed by atoms with Crippen LogP contribution in [0.5, 0.6) is 0 Å². The van der Waals surface area contributed by atoms with Gasteiger partial charge in [0.05, 0.1) is 0 Å². The third-order valence-electron chi connectivity index (χ3n) is 5.87. The SMILES string of the molecule is CC1C2=CC(=O)C[C@]2(C)[C@]2(C)CCCC12. The molecule has 0 aromatic heterocycles. The van der Waals surface area contributed by atoms with Crippen LogP contribution in [0.2, 0.25) is 0 Å². The summed E-state index contributed by atoms with van der Waals surface area (Å²) in [5.41, 5.74) is 2.08. The first kappa shape index (κ1) is 9.62. The van der Waals surface area contributed by atoms with Gasteiger partial charge in [-0.05, 0) is 36.2 Å². The molecule has 0 saturated heterocycles.